The Kier molecular flexibility index (Phi) is 3.97. The first-order valence-corrected chi connectivity index (χ1v) is 6.10. The highest BCUT2D eigenvalue weighted by Gasteiger charge is 2.31. The lowest BCUT2D eigenvalue weighted by Crippen LogP contribution is -2.54. The third-order valence-corrected chi connectivity index (χ3v) is 3.20. The maximum Gasteiger partial charge on any atom is 0.244 e. The van der Waals surface area contributed by atoms with Crippen molar-refractivity contribution in [2.45, 2.75) is 13.0 Å². The highest BCUT2D eigenvalue weighted by atomic mass is 16.5. The number of pyridine rings is 1. The van der Waals surface area contributed by atoms with Gasteiger partial charge in [-0.05, 0) is 18.6 Å². The van der Waals surface area contributed by atoms with E-state index in [1.165, 1.54) is 0 Å². The summed E-state index contributed by atoms with van der Waals surface area (Å²) in [7, 11) is 1.59. The molecule has 1 N–H and O–H groups in total. The molecular weight excluding hydrogens is 244 g/mol. The summed E-state index contributed by atoms with van der Waals surface area (Å²) in [6, 6.07) is 3.51. The van der Waals surface area contributed by atoms with E-state index in [-0.39, 0.29) is 5.91 Å². The molecule has 6 nitrogen and oxygen atoms in total. The number of nitrogens with zero attached hydrogens (tertiary/aromatic N) is 3. The zero-order valence-electron chi connectivity index (χ0n) is 11.0. The van der Waals surface area contributed by atoms with Gasteiger partial charge in [-0.2, -0.15) is 5.26 Å². The molecule has 1 aliphatic heterocycles. The first-order chi connectivity index (χ1) is 9.19. The summed E-state index contributed by atoms with van der Waals surface area (Å²) in [4.78, 5) is 18.0. The van der Waals surface area contributed by atoms with Gasteiger partial charge in [-0.25, -0.2) is 4.98 Å². The van der Waals surface area contributed by atoms with Crippen LogP contribution in [0.1, 0.15) is 11.1 Å². The van der Waals surface area contributed by atoms with E-state index < -0.39 is 6.04 Å². The van der Waals surface area contributed by atoms with Gasteiger partial charge in [-0.15, -0.1) is 0 Å². The Balaban J connectivity index is 2.41. The summed E-state index contributed by atoms with van der Waals surface area (Å²) >= 11 is 0. The van der Waals surface area contributed by atoms with Crippen LogP contribution < -0.4 is 10.2 Å². The third-order valence-electron chi connectivity index (χ3n) is 3.20. The van der Waals surface area contributed by atoms with Gasteiger partial charge < -0.3 is 15.0 Å². The predicted octanol–water partition coefficient (Wildman–Crippen LogP) is 0.213. The fraction of sp³-hybridized carbons (Fsp3) is 0.462. The van der Waals surface area contributed by atoms with Gasteiger partial charge in [-0.1, -0.05) is 0 Å². The number of aromatic nitrogens is 1. The van der Waals surface area contributed by atoms with Crippen molar-refractivity contribution in [2.75, 3.05) is 31.7 Å². The number of morpholine rings is 1. The van der Waals surface area contributed by atoms with Crippen LogP contribution in [0, 0.1) is 18.3 Å². The summed E-state index contributed by atoms with van der Waals surface area (Å²) < 4.78 is 5.35. The maximum absolute atomic E-state index is 11.9. The summed E-state index contributed by atoms with van der Waals surface area (Å²) in [5.74, 6) is 0.422. The topological polar surface area (TPSA) is 78.2 Å². The first kappa shape index (κ1) is 13.3. The summed E-state index contributed by atoms with van der Waals surface area (Å²) in [6.07, 6.45) is 1.65. The number of nitriles is 1. The largest absolute Gasteiger partial charge is 0.377 e. The molecule has 1 aliphatic rings. The molecule has 0 saturated carbocycles. The smallest absolute Gasteiger partial charge is 0.244 e. The molecule has 0 bridgehead atoms. The number of carbonyl (C=O) groups excluding carboxylic acids is 1. The van der Waals surface area contributed by atoms with Crippen molar-refractivity contribution < 1.29 is 9.53 Å². The molecule has 0 aliphatic carbocycles. The van der Waals surface area contributed by atoms with E-state index in [1.807, 2.05) is 11.8 Å². The zero-order chi connectivity index (χ0) is 13.8. The van der Waals surface area contributed by atoms with Crippen LogP contribution in [0.2, 0.25) is 0 Å². The van der Waals surface area contributed by atoms with Crippen LogP contribution in [0.15, 0.2) is 12.3 Å². The molecule has 1 unspecified atom stereocenters. The molecule has 6 heteroatoms. The molecule has 0 aromatic carbocycles. The van der Waals surface area contributed by atoms with Crippen molar-refractivity contribution in [3.8, 4) is 6.07 Å². The number of amides is 1. The average molecular weight is 260 g/mol. The van der Waals surface area contributed by atoms with Crippen molar-refractivity contribution in [3.05, 3.63) is 23.4 Å². The van der Waals surface area contributed by atoms with Crippen LogP contribution in [0.25, 0.3) is 0 Å². The van der Waals surface area contributed by atoms with Crippen LogP contribution in [0.3, 0.4) is 0 Å². The van der Waals surface area contributed by atoms with E-state index in [2.05, 4.69) is 16.4 Å². The molecule has 100 valence electrons. The van der Waals surface area contributed by atoms with Crippen molar-refractivity contribution in [1.29, 1.82) is 5.26 Å². The summed E-state index contributed by atoms with van der Waals surface area (Å²) in [6.45, 7) is 3.23. The van der Waals surface area contributed by atoms with Crippen LogP contribution in [-0.4, -0.2) is 43.7 Å². The van der Waals surface area contributed by atoms with Gasteiger partial charge in [0.2, 0.25) is 5.91 Å². The van der Waals surface area contributed by atoms with E-state index in [0.717, 1.165) is 5.56 Å². The lowest BCUT2D eigenvalue weighted by Gasteiger charge is -2.35. The maximum atomic E-state index is 11.9. The minimum absolute atomic E-state index is 0.133. The Morgan fingerprint density at radius 3 is 3.16 bits per heavy atom. The Morgan fingerprint density at radius 1 is 1.68 bits per heavy atom. The molecule has 0 spiro atoms. The van der Waals surface area contributed by atoms with Gasteiger partial charge in [0, 0.05) is 19.8 Å². The molecule has 1 aromatic rings. The number of hydrogen-bond donors (Lipinski definition) is 1. The molecule has 1 amide bonds. The monoisotopic (exact) mass is 260 g/mol. The van der Waals surface area contributed by atoms with Crippen LogP contribution in [0.4, 0.5) is 5.82 Å². The van der Waals surface area contributed by atoms with E-state index >= 15 is 0 Å². The fourth-order valence-electron chi connectivity index (χ4n) is 2.14. The number of nitrogens with one attached hydrogen (secondary N) is 1. The number of hydrogen-bond acceptors (Lipinski definition) is 5. The fourth-order valence-corrected chi connectivity index (χ4v) is 2.14. The third kappa shape index (κ3) is 2.51. The highest BCUT2D eigenvalue weighted by Crippen LogP contribution is 2.23. The Labute approximate surface area is 112 Å². The second-order valence-electron chi connectivity index (χ2n) is 4.34. The van der Waals surface area contributed by atoms with Crippen LogP contribution >= 0.6 is 0 Å². The van der Waals surface area contributed by atoms with Crippen molar-refractivity contribution in [3.63, 3.8) is 0 Å². The van der Waals surface area contributed by atoms with E-state index in [9.17, 15) is 10.1 Å². The van der Waals surface area contributed by atoms with E-state index in [1.54, 1.807) is 19.3 Å². The summed E-state index contributed by atoms with van der Waals surface area (Å²) in [5.41, 5.74) is 1.37. The number of carbonyl (C=O) groups is 1. The van der Waals surface area contributed by atoms with Gasteiger partial charge in [0.25, 0.3) is 0 Å². The second kappa shape index (κ2) is 5.67. The van der Waals surface area contributed by atoms with Gasteiger partial charge in [-0.3, -0.25) is 4.79 Å². The number of rotatable bonds is 2. The molecule has 1 aromatic heterocycles. The SMILES string of the molecule is CNC(=O)C1COCCN1c1nccc(C)c1C#N. The molecule has 1 saturated heterocycles. The van der Waals surface area contributed by atoms with Crippen molar-refractivity contribution in [1.82, 2.24) is 10.3 Å². The normalized spacial score (nSPS) is 18.8. The van der Waals surface area contributed by atoms with Crippen molar-refractivity contribution in [2.24, 2.45) is 0 Å². The van der Waals surface area contributed by atoms with Gasteiger partial charge in [0.1, 0.15) is 17.9 Å². The predicted molar refractivity (Wildman–Crippen MR) is 69.7 cm³/mol. The lowest BCUT2D eigenvalue weighted by molar-refractivity contribution is -0.124. The molecule has 19 heavy (non-hydrogen) atoms. The number of likely N-dealkylation sites (N-methyl/N-ethyl adjacent to an activating group) is 1. The standard InChI is InChI=1S/C13H16N4O2/c1-9-3-4-16-12(10(9)7-14)17-5-6-19-8-11(17)13(18)15-2/h3-4,11H,5-6,8H2,1-2H3,(H,15,18). The number of anilines is 1. The molecule has 2 heterocycles. The van der Waals surface area contributed by atoms with Gasteiger partial charge >= 0.3 is 0 Å². The molecule has 1 fully saturated rings. The minimum Gasteiger partial charge on any atom is -0.377 e. The Bertz CT molecular complexity index is 524. The van der Waals surface area contributed by atoms with E-state index in [0.29, 0.717) is 31.1 Å². The Morgan fingerprint density at radius 2 is 2.47 bits per heavy atom. The van der Waals surface area contributed by atoms with Gasteiger partial charge in [0.05, 0.1) is 18.8 Å². The molecule has 0 radical (unpaired) electrons. The zero-order valence-corrected chi connectivity index (χ0v) is 11.0. The van der Waals surface area contributed by atoms with E-state index in [4.69, 9.17) is 4.74 Å². The first-order valence-electron chi connectivity index (χ1n) is 6.10. The number of aryl methyl sites for hydroxylation is 1. The van der Waals surface area contributed by atoms with Crippen molar-refractivity contribution >= 4 is 11.7 Å². The molecule has 2 rings (SSSR count). The highest BCUT2D eigenvalue weighted by molar-refractivity contribution is 5.85. The molecule has 1 atom stereocenters. The second-order valence-corrected chi connectivity index (χ2v) is 4.34. The molecular formula is C13H16N4O2. The number of ether oxygens (including phenoxy) is 1. The van der Waals surface area contributed by atoms with Crippen LogP contribution in [-0.2, 0) is 9.53 Å². The average Bonchev–Trinajstić information content (AvgIpc) is 2.46. The quantitative estimate of drug-likeness (QED) is 0.822. The minimum atomic E-state index is -0.444. The van der Waals surface area contributed by atoms with Crippen LogP contribution in [0.5, 0.6) is 0 Å². The lowest BCUT2D eigenvalue weighted by atomic mass is 10.1. The van der Waals surface area contributed by atoms with Gasteiger partial charge in [0.15, 0.2) is 0 Å². The summed E-state index contributed by atoms with van der Waals surface area (Å²) in [5, 5.41) is 11.9. The Hall–Kier alpha value is -2.13.